The fraction of sp³-hybridized carbons (Fsp3) is 0.548. The van der Waals surface area contributed by atoms with E-state index in [1.807, 2.05) is 11.4 Å². The number of esters is 2. The molecule has 43 heavy (non-hydrogen) atoms. The number of carbonyl (C=O) groups excluding carboxylic acids is 2. The molecule has 0 spiro atoms. The summed E-state index contributed by atoms with van der Waals surface area (Å²) in [7, 11) is 1.45. The van der Waals surface area contributed by atoms with Crippen molar-refractivity contribution < 1.29 is 28.2 Å². The molecule has 4 aliphatic rings. The number of halogens is 1. The molecule has 12 heteroatoms. The Labute approximate surface area is 254 Å². The van der Waals surface area contributed by atoms with Crippen LogP contribution >= 0.6 is 11.3 Å². The fourth-order valence-electron chi connectivity index (χ4n) is 6.92. The number of carbonyl (C=O) groups is 2. The van der Waals surface area contributed by atoms with E-state index in [-0.39, 0.29) is 36.5 Å². The molecule has 2 aromatic rings. The lowest BCUT2D eigenvalue weighted by molar-refractivity contribution is -0.145. The van der Waals surface area contributed by atoms with Gasteiger partial charge in [-0.1, -0.05) is 12.1 Å². The molecular formula is C31H38FN5O5S. The summed E-state index contributed by atoms with van der Waals surface area (Å²) in [6.07, 6.45) is 4.34. The van der Waals surface area contributed by atoms with E-state index >= 15 is 0 Å². The van der Waals surface area contributed by atoms with Crippen molar-refractivity contribution in [1.82, 2.24) is 20.1 Å². The van der Waals surface area contributed by atoms with Crippen LogP contribution in [-0.4, -0.2) is 97.2 Å². The van der Waals surface area contributed by atoms with E-state index in [2.05, 4.69) is 20.1 Å². The third kappa shape index (κ3) is 5.98. The van der Waals surface area contributed by atoms with Crippen molar-refractivity contribution in [2.45, 2.75) is 57.3 Å². The summed E-state index contributed by atoms with van der Waals surface area (Å²) in [6.45, 7) is 7.01. The summed E-state index contributed by atoms with van der Waals surface area (Å²) < 4.78 is 31.6. The predicted octanol–water partition coefficient (Wildman–Crippen LogP) is 3.23. The summed E-state index contributed by atoms with van der Waals surface area (Å²) in [6, 6.07) is 4.55. The average molecular weight is 612 g/mol. The van der Waals surface area contributed by atoms with E-state index in [4.69, 9.17) is 19.2 Å². The normalized spacial score (nSPS) is 27.9. The van der Waals surface area contributed by atoms with Crippen LogP contribution in [0.25, 0.3) is 0 Å². The molecule has 5 atom stereocenters. The molecule has 4 heterocycles. The van der Waals surface area contributed by atoms with E-state index in [0.29, 0.717) is 59.0 Å². The first-order chi connectivity index (χ1) is 20.9. The van der Waals surface area contributed by atoms with E-state index in [1.54, 1.807) is 26.1 Å². The van der Waals surface area contributed by atoms with Crippen molar-refractivity contribution in [2.75, 3.05) is 46.5 Å². The number of rotatable bonds is 8. The van der Waals surface area contributed by atoms with E-state index < -0.39 is 12.0 Å². The molecule has 1 aromatic heterocycles. The summed E-state index contributed by atoms with van der Waals surface area (Å²) in [5, 5.41) is 6.00. The van der Waals surface area contributed by atoms with E-state index in [9.17, 15) is 14.0 Å². The minimum absolute atomic E-state index is 0.0227. The van der Waals surface area contributed by atoms with Gasteiger partial charge in [0.25, 0.3) is 0 Å². The molecule has 1 N–H and O–H groups in total. The number of aliphatic imine (C=N–C) groups is 1. The van der Waals surface area contributed by atoms with Gasteiger partial charge in [0.15, 0.2) is 10.8 Å². The van der Waals surface area contributed by atoms with Gasteiger partial charge in [-0.15, -0.1) is 11.3 Å². The second-order valence-corrected chi connectivity index (χ2v) is 12.4. The number of benzene rings is 1. The summed E-state index contributed by atoms with van der Waals surface area (Å²) >= 11 is 1.45. The molecule has 2 unspecified atom stereocenters. The highest BCUT2D eigenvalue weighted by atomic mass is 32.1. The minimum Gasteiger partial charge on any atom is -0.469 e. The monoisotopic (exact) mass is 611 g/mol. The van der Waals surface area contributed by atoms with Gasteiger partial charge in [0.05, 0.1) is 44.0 Å². The van der Waals surface area contributed by atoms with Crippen molar-refractivity contribution in [2.24, 2.45) is 10.9 Å². The Kier molecular flexibility index (Phi) is 8.90. The standard InChI is InChI=1S/C31H38FN5O5S/c1-4-41-31(39)26-23(34-28(29-33-10-13-43-29)35-27(26)21-6-5-7-22(32)18(21)2)15-36-11-12-42-25-17-37(16-24(25)36)20-9-8-19(14-20)30(38)40-3/h5-7,10,13,19-20,24-25,27H,4,8-9,11-12,14-17H2,1-3H3,(H,34,35)/t19?,20?,24-,25+,27-/m0/s1. The van der Waals surface area contributed by atoms with Crippen LogP contribution in [0.15, 0.2) is 46.0 Å². The predicted molar refractivity (Wildman–Crippen MR) is 159 cm³/mol. The molecule has 3 fully saturated rings. The Balaban J connectivity index is 1.31. The molecule has 6 rings (SSSR count). The summed E-state index contributed by atoms with van der Waals surface area (Å²) in [5.74, 6) is -0.456. The van der Waals surface area contributed by atoms with Crippen LogP contribution in [0.5, 0.6) is 0 Å². The lowest BCUT2D eigenvalue weighted by atomic mass is 9.92. The largest absolute Gasteiger partial charge is 0.469 e. The van der Waals surface area contributed by atoms with Gasteiger partial charge < -0.3 is 19.5 Å². The Hall–Kier alpha value is -3.19. The molecule has 2 saturated heterocycles. The van der Waals surface area contributed by atoms with Gasteiger partial charge in [-0.25, -0.2) is 14.2 Å². The molecule has 0 amide bonds. The first kappa shape index (κ1) is 29.9. The highest BCUT2D eigenvalue weighted by molar-refractivity contribution is 7.11. The molecule has 1 aromatic carbocycles. The van der Waals surface area contributed by atoms with Crippen LogP contribution in [0.4, 0.5) is 4.39 Å². The molecule has 230 valence electrons. The SMILES string of the molecule is CCOC(=O)C1=C(CN2CCO[C@@H]3CN(C4CCC(C(=O)OC)C4)C[C@@H]32)NC(c2nccs2)=N[C@H]1c1cccc(F)c1C. The van der Waals surface area contributed by atoms with Crippen molar-refractivity contribution in [3.8, 4) is 0 Å². The van der Waals surface area contributed by atoms with Gasteiger partial charge >= 0.3 is 11.9 Å². The number of hydrogen-bond donors (Lipinski definition) is 1. The van der Waals surface area contributed by atoms with Crippen molar-refractivity contribution in [1.29, 1.82) is 0 Å². The van der Waals surface area contributed by atoms with Gasteiger partial charge in [-0.05, 0) is 50.3 Å². The van der Waals surface area contributed by atoms with Gasteiger partial charge in [-0.2, -0.15) is 0 Å². The van der Waals surface area contributed by atoms with E-state index in [1.165, 1.54) is 24.5 Å². The quantitative estimate of drug-likeness (QED) is 0.451. The Morgan fingerprint density at radius 2 is 2.12 bits per heavy atom. The van der Waals surface area contributed by atoms with Gasteiger partial charge in [0, 0.05) is 49.5 Å². The lowest BCUT2D eigenvalue weighted by Crippen LogP contribution is -2.53. The number of fused-ring (bicyclic) bond motifs is 1. The zero-order chi connectivity index (χ0) is 30.1. The third-order valence-corrected chi connectivity index (χ3v) is 9.90. The number of likely N-dealkylation sites (tertiary alicyclic amines) is 1. The molecule has 1 saturated carbocycles. The molecule has 0 bridgehead atoms. The maximum Gasteiger partial charge on any atom is 0.338 e. The number of methoxy groups -OCH3 is 1. The summed E-state index contributed by atoms with van der Waals surface area (Å²) in [4.78, 5) is 40.0. The van der Waals surface area contributed by atoms with E-state index in [0.717, 1.165) is 32.4 Å². The Morgan fingerprint density at radius 1 is 1.26 bits per heavy atom. The Morgan fingerprint density at radius 3 is 2.88 bits per heavy atom. The number of aromatic nitrogens is 1. The Bertz CT molecular complexity index is 1420. The van der Waals surface area contributed by atoms with Crippen LogP contribution in [0.3, 0.4) is 0 Å². The lowest BCUT2D eigenvalue weighted by Gasteiger charge is -2.39. The zero-order valence-electron chi connectivity index (χ0n) is 24.8. The number of nitrogens with one attached hydrogen (secondary N) is 1. The van der Waals surface area contributed by atoms with Gasteiger partial charge in [0.2, 0.25) is 0 Å². The number of morpholine rings is 1. The number of hydrogen-bond acceptors (Lipinski definition) is 11. The number of amidine groups is 1. The highest BCUT2D eigenvalue weighted by Crippen LogP contribution is 2.37. The number of thiazole rings is 1. The van der Waals surface area contributed by atoms with Gasteiger partial charge in [0.1, 0.15) is 11.9 Å². The first-order valence-corrected chi connectivity index (χ1v) is 15.8. The summed E-state index contributed by atoms with van der Waals surface area (Å²) in [5.41, 5.74) is 2.12. The first-order valence-electron chi connectivity index (χ1n) is 14.9. The van der Waals surface area contributed by atoms with Crippen molar-refractivity contribution >= 4 is 29.1 Å². The second-order valence-electron chi connectivity index (χ2n) is 11.5. The van der Waals surface area contributed by atoms with Crippen LogP contribution < -0.4 is 5.32 Å². The van der Waals surface area contributed by atoms with Crippen LogP contribution in [0, 0.1) is 18.7 Å². The topological polar surface area (TPSA) is 106 Å². The van der Waals surface area contributed by atoms with Crippen molar-refractivity contribution in [3.63, 3.8) is 0 Å². The maximum absolute atomic E-state index is 14.8. The van der Waals surface area contributed by atoms with Crippen molar-refractivity contribution in [3.05, 3.63) is 63.0 Å². The molecule has 1 aliphatic carbocycles. The maximum atomic E-state index is 14.8. The molecule has 10 nitrogen and oxygen atoms in total. The van der Waals surface area contributed by atoms with Crippen LogP contribution in [-0.2, 0) is 23.8 Å². The van der Waals surface area contributed by atoms with Gasteiger partial charge in [-0.3, -0.25) is 19.6 Å². The third-order valence-electron chi connectivity index (χ3n) is 9.12. The second kappa shape index (κ2) is 12.8. The fourth-order valence-corrected chi connectivity index (χ4v) is 7.51. The molecule has 0 radical (unpaired) electrons. The number of nitrogens with zero attached hydrogens (tertiary/aromatic N) is 4. The smallest absolute Gasteiger partial charge is 0.338 e. The minimum atomic E-state index is -0.754. The highest BCUT2D eigenvalue weighted by Gasteiger charge is 2.45. The van der Waals surface area contributed by atoms with Crippen LogP contribution in [0.2, 0.25) is 0 Å². The van der Waals surface area contributed by atoms with Crippen LogP contribution in [0.1, 0.15) is 48.4 Å². The average Bonchev–Trinajstić information content (AvgIpc) is 3.79. The molecule has 3 aliphatic heterocycles. The zero-order valence-corrected chi connectivity index (χ0v) is 25.6. The number of ether oxygens (including phenoxy) is 3. The molecular weight excluding hydrogens is 573 g/mol.